The van der Waals surface area contributed by atoms with Crippen molar-refractivity contribution in [2.45, 2.75) is 6.18 Å². The van der Waals surface area contributed by atoms with Gasteiger partial charge in [0, 0.05) is 28.1 Å². The fourth-order valence-electron chi connectivity index (χ4n) is 2.47. The van der Waals surface area contributed by atoms with E-state index in [1.807, 2.05) is 0 Å². The lowest BCUT2D eigenvalue weighted by Crippen LogP contribution is -2.19. The molecule has 0 fully saturated rings. The molecule has 3 rings (SSSR count). The van der Waals surface area contributed by atoms with Gasteiger partial charge in [-0.2, -0.15) is 13.2 Å². The van der Waals surface area contributed by atoms with Crippen LogP contribution in [-0.2, 0) is 6.18 Å². The number of benzene rings is 2. The van der Waals surface area contributed by atoms with Crippen molar-refractivity contribution < 1.29 is 27.5 Å². The molecule has 0 bridgehead atoms. The smallest absolute Gasteiger partial charge is 0.417 e. The summed E-state index contributed by atoms with van der Waals surface area (Å²) < 4.78 is 44.4. The molecule has 2 aromatic carbocycles. The number of carbonyl (C=O) groups is 2. The van der Waals surface area contributed by atoms with E-state index < -0.39 is 23.7 Å². The quantitative estimate of drug-likeness (QED) is 0.441. The van der Waals surface area contributed by atoms with Crippen molar-refractivity contribution in [1.29, 1.82) is 0 Å². The molecule has 31 heavy (non-hydrogen) atoms. The Bertz CT molecular complexity index is 1120. The van der Waals surface area contributed by atoms with Crippen molar-refractivity contribution >= 4 is 39.2 Å². The summed E-state index contributed by atoms with van der Waals surface area (Å²) in [5.41, 5.74) is 4.69. The van der Waals surface area contributed by atoms with Crippen LogP contribution in [0.5, 0.6) is 11.5 Å². The van der Waals surface area contributed by atoms with Crippen molar-refractivity contribution in [1.82, 2.24) is 4.98 Å². The number of carbonyl (C=O) groups excluding carboxylic acids is 2. The standard InChI is InChI=1S/C20H14BrF3N4O3/c21-16-6-3-12(9-15(16)20(22,23)24)28-19(30)27-11-1-4-13(5-2-11)31-14-7-8-26-17(10-14)18(25)29/h1-10H,(H2,25,29)(H2,27,28,30). The molecule has 1 aromatic heterocycles. The Morgan fingerprint density at radius 1 is 0.935 bits per heavy atom. The SMILES string of the molecule is NC(=O)c1cc(Oc2ccc(NC(=O)Nc3ccc(Br)c(C(F)(F)F)c3)cc2)ccn1. The second-order valence-corrected chi connectivity index (χ2v) is 6.99. The molecule has 0 aliphatic heterocycles. The van der Waals surface area contributed by atoms with E-state index in [-0.39, 0.29) is 15.9 Å². The van der Waals surface area contributed by atoms with E-state index in [1.54, 1.807) is 18.2 Å². The minimum Gasteiger partial charge on any atom is -0.457 e. The van der Waals surface area contributed by atoms with Gasteiger partial charge in [-0.1, -0.05) is 15.9 Å². The Balaban J connectivity index is 1.63. The van der Waals surface area contributed by atoms with Crippen molar-refractivity contribution in [2.75, 3.05) is 10.6 Å². The van der Waals surface area contributed by atoms with Crippen molar-refractivity contribution in [3.05, 3.63) is 76.5 Å². The minimum absolute atomic E-state index is 0.0177. The summed E-state index contributed by atoms with van der Waals surface area (Å²) in [7, 11) is 0. The Hall–Kier alpha value is -3.60. The second kappa shape index (κ2) is 9.04. The summed E-state index contributed by atoms with van der Waals surface area (Å²) >= 11 is 2.84. The van der Waals surface area contributed by atoms with E-state index in [0.29, 0.717) is 17.2 Å². The number of pyridine rings is 1. The van der Waals surface area contributed by atoms with E-state index in [9.17, 15) is 22.8 Å². The largest absolute Gasteiger partial charge is 0.457 e. The maximum absolute atomic E-state index is 13.0. The highest BCUT2D eigenvalue weighted by Gasteiger charge is 2.33. The number of ether oxygens (including phenoxy) is 1. The number of aromatic nitrogens is 1. The molecule has 0 saturated carbocycles. The van der Waals surface area contributed by atoms with Gasteiger partial charge in [-0.05, 0) is 48.5 Å². The maximum Gasteiger partial charge on any atom is 0.417 e. The number of nitrogens with one attached hydrogen (secondary N) is 2. The van der Waals surface area contributed by atoms with Crippen LogP contribution in [-0.4, -0.2) is 16.9 Å². The molecule has 0 aliphatic carbocycles. The number of primary amides is 1. The summed E-state index contributed by atoms with van der Waals surface area (Å²) in [4.78, 5) is 27.1. The average molecular weight is 495 g/mol. The zero-order chi connectivity index (χ0) is 22.6. The molecule has 1 heterocycles. The molecule has 3 aromatic rings. The molecule has 0 unspecified atom stereocenters. The highest BCUT2D eigenvalue weighted by atomic mass is 79.9. The minimum atomic E-state index is -4.56. The van der Waals surface area contributed by atoms with Crippen LogP contribution in [0.1, 0.15) is 16.1 Å². The lowest BCUT2D eigenvalue weighted by atomic mass is 10.2. The maximum atomic E-state index is 13.0. The van der Waals surface area contributed by atoms with Gasteiger partial charge in [0.15, 0.2) is 0 Å². The average Bonchev–Trinajstić information content (AvgIpc) is 2.70. The number of hydrogen-bond acceptors (Lipinski definition) is 4. The Morgan fingerprint density at radius 2 is 1.58 bits per heavy atom. The summed E-state index contributed by atoms with van der Waals surface area (Å²) in [6, 6.07) is 11.8. The zero-order valence-corrected chi connectivity index (χ0v) is 17.1. The monoisotopic (exact) mass is 494 g/mol. The van der Waals surface area contributed by atoms with Gasteiger partial charge in [-0.25, -0.2) is 4.79 Å². The van der Waals surface area contributed by atoms with Gasteiger partial charge in [0.05, 0.1) is 5.56 Å². The molecule has 0 radical (unpaired) electrons. The third-order valence-electron chi connectivity index (χ3n) is 3.86. The third-order valence-corrected chi connectivity index (χ3v) is 4.55. The highest BCUT2D eigenvalue weighted by Crippen LogP contribution is 2.36. The molecule has 0 spiro atoms. The number of hydrogen-bond donors (Lipinski definition) is 3. The molecule has 0 saturated heterocycles. The molecule has 0 aliphatic rings. The van der Waals surface area contributed by atoms with Gasteiger partial charge in [0.1, 0.15) is 17.2 Å². The van der Waals surface area contributed by atoms with Crippen LogP contribution in [0.4, 0.5) is 29.3 Å². The highest BCUT2D eigenvalue weighted by molar-refractivity contribution is 9.10. The molecular weight excluding hydrogens is 481 g/mol. The Labute approximate surface area is 182 Å². The molecule has 11 heteroatoms. The number of halogens is 4. The van der Waals surface area contributed by atoms with Crippen molar-refractivity contribution in [2.24, 2.45) is 5.73 Å². The number of rotatable bonds is 5. The normalized spacial score (nSPS) is 11.0. The van der Waals surface area contributed by atoms with Crippen LogP contribution in [0, 0.1) is 0 Å². The van der Waals surface area contributed by atoms with E-state index >= 15 is 0 Å². The predicted molar refractivity (Wildman–Crippen MR) is 111 cm³/mol. The summed E-state index contributed by atoms with van der Waals surface area (Å²) in [5, 5.41) is 4.86. The van der Waals surface area contributed by atoms with Gasteiger partial charge >= 0.3 is 12.2 Å². The first-order chi connectivity index (χ1) is 14.6. The van der Waals surface area contributed by atoms with Gasteiger partial charge in [0.2, 0.25) is 0 Å². The van der Waals surface area contributed by atoms with Crippen LogP contribution in [0.15, 0.2) is 65.3 Å². The van der Waals surface area contributed by atoms with Crippen molar-refractivity contribution in [3.8, 4) is 11.5 Å². The zero-order valence-electron chi connectivity index (χ0n) is 15.5. The first-order valence-corrected chi connectivity index (χ1v) is 9.39. The van der Waals surface area contributed by atoms with Gasteiger partial charge in [0.25, 0.3) is 5.91 Å². The molecular formula is C20H14BrF3N4O3. The van der Waals surface area contributed by atoms with Gasteiger partial charge in [-0.3, -0.25) is 9.78 Å². The third kappa shape index (κ3) is 5.95. The van der Waals surface area contributed by atoms with Crippen LogP contribution in [0.25, 0.3) is 0 Å². The number of urea groups is 1. The number of amides is 3. The topological polar surface area (TPSA) is 106 Å². The Kier molecular flexibility index (Phi) is 6.44. The van der Waals surface area contributed by atoms with E-state index in [2.05, 4.69) is 31.5 Å². The first kappa shape index (κ1) is 22.1. The van der Waals surface area contributed by atoms with E-state index in [0.717, 1.165) is 6.07 Å². The van der Waals surface area contributed by atoms with Crippen LogP contribution >= 0.6 is 15.9 Å². The fourth-order valence-corrected chi connectivity index (χ4v) is 2.94. The number of alkyl halides is 3. The molecule has 160 valence electrons. The van der Waals surface area contributed by atoms with Gasteiger partial charge < -0.3 is 21.1 Å². The number of nitrogens with zero attached hydrogens (tertiary/aromatic N) is 1. The fraction of sp³-hybridized carbons (Fsp3) is 0.0500. The van der Waals surface area contributed by atoms with Crippen LogP contribution in [0.2, 0.25) is 0 Å². The second-order valence-electron chi connectivity index (χ2n) is 6.14. The lowest BCUT2D eigenvalue weighted by Gasteiger charge is -2.13. The number of nitrogens with two attached hydrogens (primary N) is 1. The molecule has 4 N–H and O–H groups in total. The Morgan fingerprint density at radius 3 is 2.23 bits per heavy atom. The summed E-state index contributed by atoms with van der Waals surface area (Å²) in [5.74, 6) is 0.0670. The molecule has 0 atom stereocenters. The predicted octanol–water partition coefficient (Wildman–Crippen LogP) is 5.40. The number of anilines is 2. The van der Waals surface area contributed by atoms with Gasteiger partial charge in [-0.15, -0.1) is 0 Å². The molecule has 3 amide bonds. The van der Waals surface area contributed by atoms with Crippen LogP contribution < -0.4 is 21.1 Å². The van der Waals surface area contributed by atoms with E-state index in [4.69, 9.17) is 10.5 Å². The van der Waals surface area contributed by atoms with Crippen LogP contribution in [0.3, 0.4) is 0 Å². The molecule has 7 nitrogen and oxygen atoms in total. The van der Waals surface area contributed by atoms with E-state index in [1.165, 1.54) is 36.5 Å². The summed E-state index contributed by atoms with van der Waals surface area (Å²) in [6.45, 7) is 0. The van der Waals surface area contributed by atoms with Crippen molar-refractivity contribution in [3.63, 3.8) is 0 Å². The summed E-state index contributed by atoms with van der Waals surface area (Å²) in [6.07, 6.45) is -3.18. The first-order valence-electron chi connectivity index (χ1n) is 8.60. The lowest BCUT2D eigenvalue weighted by molar-refractivity contribution is -0.138.